The van der Waals surface area contributed by atoms with Crippen LogP contribution < -0.4 is 5.56 Å². The zero-order valence-corrected chi connectivity index (χ0v) is 17.8. The number of hydrogen-bond acceptors (Lipinski definition) is 5. The minimum Gasteiger partial charge on any atom is -0.342 e. The Balaban J connectivity index is 1.47. The Morgan fingerprint density at radius 2 is 2.00 bits per heavy atom. The summed E-state index contributed by atoms with van der Waals surface area (Å²) in [4.78, 5) is 34.6. The van der Waals surface area contributed by atoms with Crippen molar-refractivity contribution in [1.29, 1.82) is 0 Å². The zero-order valence-electron chi connectivity index (χ0n) is 17.0. The average Bonchev–Trinajstić information content (AvgIpc) is 3.25. The van der Waals surface area contributed by atoms with Gasteiger partial charge in [0.2, 0.25) is 15.9 Å². The van der Waals surface area contributed by atoms with Crippen LogP contribution in [0.25, 0.3) is 0 Å². The van der Waals surface area contributed by atoms with Crippen LogP contribution in [-0.2, 0) is 34.2 Å². The predicted octanol–water partition coefficient (Wildman–Crippen LogP) is 1.04. The van der Waals surface area contributed by atoms with E-state index in [0.29, 0.717) is 49.6 Å². The summed E-state index contributed by atoms with van der Waals surface area (Å²) < 4.78 is 25.6. The van der Waals surface area contributed by atoms with Gasteiger partial charge in [-0.15, -0.1) is 0 Å². The first-order valence-electron chi connectivity index (χ1n) is 10.3. The number of carbonyl (C=O) groups is 1. The Morgan fingerprint density at radius 1 is 1.23 bits per heavy atom. The molecule has 1 fully saturated rings. The van der Waals surface area contributed by atoms with Crippen molar-refractivity contribution >= 4 is 15.9 Å². The van der Waals surface area contributed by atoms with E-state index in [1.165, 1.54) is 4.31 Å². The number of likely N-dealkylation sites (tertiary alicyclic amines) is 1. The van der Waals surface area contributed by atoms with Crippen molar-refractivity contribution in [3.05, 3.63) is 63.3 Å². The molecule has 2 aromatic rings. The van der Waals surface area contributed by atoms with Crippen LogP contribution in [0.3, 0.4) is 0 Å². The molecule has 2 aliphatic rings. The first-order chi connectivity index (χ1) is 14.4. The standard InChI is InChI=1S/C21H26N4O4S/c1-2-30(28,29)25-11-9-18-17(14-25)21(27)23-20(22-18)16-8-10-24(13-16)19(26)12-15-6-4-3-5-7-15/h3-7,16H,2,8-14H2,1H3,(H,22,23,27)/t16-/m0/s1. The fourth-order valence-electron chi connectivity index (χ4n) is 4.13. The minimum atomic E-state index is -3.34. The molecule has 0 bridgehead atoms. The van der Waals surface area contributed by atoms with Crippen LogP contribution in [0.4, 0.5) is 0 Å². The summed E-state index contributed by atoms with van der Waals surface area (Å²) >= 11 is 0. The molecule has 1 atom stereocenters. The lowest BCUT2D eigenvalue weighted by molar-refractivity contribution is -0.129. The number of aromatic nitrogens is 2. The van der Waals surface area contributed by atoms with Gasteiger partial charge >= 0.3 is 0 Å². The van der Waals surface area contributed by atoms with Gasteiger partial charge in [0.05, 0.1) is 23.4 Å². The van der Waals surface area contributed by atoms with E-state index < -0.39 is 10.0 Å². The molecular formula is C21H26N4O4S. The van der Waals surface area contributed by atoms with E-state index >= 15 is 0 Å². The van der Waals surface area contributed by atoms with Crippen LogP contribution >= 0.6 is 0 Å². The Bertz CT molecular complexity index is 1100. The topological polar surface area (TPSA) is 103 Å². The SMILES string of the molecule is CCS(=O)(=O)N1CCc2nc([C@H]3CCN(C(=O)Cc4ccccc4)C3)[nH]c(=O)c2C1. The van der Waals surface area contributed by atoms with Crippen LogP contribution in [0.1, 0.15) is 41.9 Å². The Morgan fingerprint density at radius 3 is 2.73 bits per heavy atom. The van der Waals surface area contributed by atoms with E-state index in [2.05, 4.69) is 9.97 Å². The van der Waals surface area contributed by atoms with E-state index in [1.54, 1.807) is 6.92 Å². The van der Waals surface area contributed by atoms with E-state index in [1.807, 2.05) is 35.2 Å². The fraction of sp³-hybridized carbons (Fsp3) is 0.476. The predicted molar refractivity (Wildman–Crippen MR) is 113 cm³/mol. The molecule has 0 radical (unpaired) electrons. The summed E-state index contributed by atoms with van der Waals surface area (Å²) in [5.74, 6) is 0.672. The second-order valence-corrected chi connectivity index (χ2v) is 10.1. The molecule has 3 heterocycles. The third kappa shape index (κ3) is 4.17. The largest absolute Gasteiger partial charge is 0.342 e. The lowest BCUT2D eigenvalue weighted by atomic mass is 10.1. The third-order valence-corrected chi connectivity index (χ3v) is 7.76. The highest BCUT2D eigenvalue weighted by Crippen LogP contribution is 2.26. The van der Waals surface area contributed by atoms with Gasteiger partial charge in [-0.25, -0.2) is 13.4 Å². The maximum Gasteiger partial charge on any atom is 0.255 e. The van der Waals surface area contributed by atoms with Crippen molar-refractivity contribution in [2.45, 2.75) is 38.6 Å². The van der Waals surface area contributed by atoms with Crippen LogP contribution in [-0.4, -0.2) is 58.9 Å². The van der Waals surface area contributed by atoms with E-state index in [0.717, 1.165) is 12.0 Å². The Labute approximate surface area is 176 Å². The van der Waals surface area contributed by atoms with Crippen molar-refractivity contribution in [2.24, 2.45) is 0 Å². The molecule has 30 heavy (non-hydrogen) atoms. The number of nitrogens with one attached hydrogen (secondary N) is 1. The number of amides is 1. The summed E-state index contributed by atoms with van der Waals surface area (Å²) in [5.41, 5.74) is 1.81. The number of sulfonamides is 1. The van der Waals surface area contributed by atoms with Gasteiger partial charge in [0.25, 0.3) is 5.56 Å². The monoisotopic (exact) mass is 430 g/mol. The second-order valence-electron chi connectivity index (χ2n) is 7.85. The molecule has 0 saturated carbocycles. The molecule has 1 saturated heterocycles. The summed E-state index contributed by atoms with van der Waals surface area (Å²) in [7, 11) is -3.34. The lowest BCUT2D eigenvalue weighted by Crippen LogP contribution is -2.40. The van der Waals surface area contributed by atoms with E-state index in [9.17, 15) is 18.0 Å². The van der Waals surface area contributed by atoms with Crippen molar-refractivity contribution in [2.75, 3.05) is 25.4 Å². The van der Waals surface area contributed by atoms with Gasteiger partial charge in [0.1, 0.15) is 5.82 Å². The number of aromatic amines is 1. The minimum absolute atomic E-state index is 0.0138. The maximum absolute atomic E-state index is 12.7. The molecule has 0 unspecified atom stereocenters. The molecule has 0 spiro atoms. The van der Waals surface area contributed by atoms with Crippen LogP contribution in [0.5, 0.6) is 0 Å². The second kappa shape index (κ2) is 8.31. The number of fused-ring (bicyclic) bond motifs is 1. The number of carbonyl (C=O) groups excluding carboxylic acids is 1. The van der Waals surface area contributed by atoms with Gasteiger partial charge in [0.15, 0.2) is 0 Å². The number of H-pyrrole nitrogens is 1. The maximum atomic E-state index is 12.7. The third-order valence-electron chi connectivity index (χ3n) is 5.94. The summed E-state index contributed by atoms with van der Waals surface area (Å²) in [6, 6.07) is 9.65. The highest BCUT2D eigenvalue weighted by atomic mass is 32.2. The van der Waals surface area contributed by atoms with Crippen molar-refractivity contribution in [1.82, 2.24) is 19.2 Å². The molecule has 9 heteroatoms. The van der Waals surface area contributed by atoms with Gasteiger partial charge in [-0.2, -0.15) is 4.31 Å². The molecule has 8 nitrogen and oxygen atoms in total. The van der Waals surface area contributed by atoms with Gasteiger partial charge in [-0.3, -0.25) is 9.59 Å². The highest BCUT2D eigenvalue weighted by molar-refractivity contribution is 7.89. The van der Waals surface area contributed by atoms with E-state index in [-0.39, 0.29) is 29.7 Å². The molecule has 160 valence electrons. The van der Waals surface area contributed by atoms with Crippen molar-refractivity contribution in [3.8, 4) is 0 Å². The normalized spacial score (nSPS) is 19.6. The molecule has 1 amide bonds. The molecule has 1 aromatic heterocycles. The quantitative estimate of drug-likeness (QED) is 0.763. The first kappa shape index (κ1) is 20.7. The molecule has 4 rings (SSSR count). The first-order valence-corrected chi connectivity index (χ1v) is 11.9. The molecule has 0 aliphatic carbocycles. The van der Waals surface area contributed by atoms with Crippen molar-refractivity contribution in [3.63, 3.8) is 0 Å². The number of nitrogens with zero attached hydrogens (tertiary/aromatic N) is 3. The van der Waals surface area contributed by atoms with Crippen LogP contribution in [0, 0.1) is 0 Å². The summed E-state index contributed by atoms with van der Waals surface area (Å²) in [5, 5.41) is 0. The smallest absolute Gasteiger partial charge is 0.255 e. The summed E-state index contributed by atoms with van der Waals surface area (Å²) in [6.07, 6.45) is 1.54. The van der Waals surface area contributed by atoms with Gasteiger partial charge in [0, 0.05) is 38.5 Å². The Hall–Kier alpha value is -2.52. The number of hydrogen-bond donors (Lipinski definition) is 1. The molecule has 2 aliphatic heterocycles. The van der Waals surface area contributed by atoms with Crippen molar-refractivity contribution < 1.29 is 13.2 Å². The fourth-order valence-corrected chi connectivity index (χ4v) is 5.19. The molecular weight excluding hydrogens is 404 g/mol. The molecule has 1 N–H and O–H groups in total. The van der Waals surface area contributed by atoms with Gasteiger partial charge in [-0.1, -0.05) is 30.3 Å². The van der Waals surface area contributed by atoms with Crippen LogP contribution in [0.2, 0.25) is 0 Å². The Kier molecular flexibility index (Phi) is 5.75. The summed E-state index contributed by atoms with van der Waals surface area (Å²) in [6.45, 7) is 3.18. The highest BCUT2D eigenvalue weighted by Gasteiger charge is 2.32. The molecule has 1 aromatic carbocycles. The zero-order chi connectivity index (χ0) is 21.3. The van der Waals surface area contributed by atoms with Gasteiger partial charge in [-0.05, 0) is 18.9 Å². The average molecular weight is 431 g/mol. The van der Waals surface area contributed by atoms with Crippen LogP contribution in [0.15, 0.2) is 35.1 Å². The number of rotatable bonds is 5. The van der Waals surface area contributed by atoms with Gasteiger partial charge < -0.3 is 9.88 Å². The lowest BCUT2D eigenvalue weighted by Gasteiger charge is -2.27. The number of benzene rings is 1. The van der Waals surface area contributed by atoms with E-state index in [4.69, 9.17) is 0 Å².